The molecular weight excluding hydrogens is 862 g/mol. The normalized spacial score (nSPS) is 25.3. The summed E-state index contributed by atoms with van der Waals surface area (Å²) in [6.07, 6.45) is 6.36. The summed E-state index contributed by atoms with van der Waals surface area (Å²) in [4.78, 5) is 67.9. The Kier molecular flexibility index (Phi) is 12.2. The van der Waals surface area contributed by atoms with Crippen molar-refractivity contribution in [2.75, 3.05) is 6.54 Å². The summed E-state index contributed by atoms with van der Waals surface area (Å²) >= 11 is 1.40. The van der Waals surface area contributed by atoms with Gasteiger partial charge in [-0.1, -0.05) is 43.2 Å². The molecule has 8 rings (SSSR count). The lowest BCUT2D eigenvalue weighted by molar-refractivity contribution is -0.141. The number of thiazole rings is 1. The molecule has 342 valence electrons. The molecule has 2 aliphatic heterocycles. The van der Waals surface area contributed by atoms with E-state index >= 15 is 0 Å². The number of ether oxygens (including phenoxy) is 2. The average molecular weight is 918 g/mol. The molecule has 1 saturated heterocycles. The van der Waals surface area contributed by atoms with Gasteiger partial charge in [0.25, 0.3) is 11.9 Å². The van der Waals surface area contributed by atoms with E-state index in [0.29, 0.717) is 47.5 Å². The number of amides is 4. The Morgan fingerprint density at radius 3 is 2.55 bits per heavy atom. The van der Waals surface area contributed by atoms with Crippen LogP contribution < -0.4 is 20.1 Å². The van der Waals surface area contributed by atoms with Crippen LogP contribution in [-0.2, 0) is 29.1 Å². The molecule has 64 heavy (non-hydrogen) atoms. The molecule has 3 N–H and O–H groups in total. The summed E-state index contributed by atoms with van der Waals surface area (Å²) in [7, 11) is -4.03. The molecule has 0 bridgehead atoms. The van der Waals surface area contributed by atoms with Crippen molar-refractivity contribution in [3.05, 3.63) is 65.8 Å². The molecule has 2 saturated carbocycles. The van der Waals surface area contributed by atoms with Crippen LogP contribution in [-0.4, -0.2) is 92.3 Å². The molecule has 0 spiro atoms. The second-order valence-electron chi connectivity index (χ2n) is 19.0. The highest BCUT2D eigenvalue weighted by molar-refractivity contribution is 7.91. The van der Waals surface area contributed by atoms with Gasteiger partial charge in [0.1, 0.15) is 45.7 Å². The van der Waals surface area contributed by atoms with Gasteiger partial charge in [0.15, 0.2) is 0 Å². The van der Waals surface area contributed by atoms with E-state index in [0.717, 1.165) is 23.9 Å². The summed E-state index contributed by atoms with van der Waals surface area (Å²) in [5, 5.41) is 8.22. The maximum Gasteiger partial charge on any atom is 0.408 e. The van der Waals surface area contributed by atoms with Gasteiger partial charge >= 0.3 is 6.09 Å². The summed E-state index contributed by atoms with van der Waals surface area (Å²) in [5.74, 6) is -2.81. The fraction of sp³-hybridized carbons (Fsp3) is 0.522. The van der Waals surface area contributed by atoms with Crippen LogP contribution in [0.3, 0.4) is 0 Å². The molecule has 18 heteroatoms. The van der Waals surface area contributed by atoms with E-state index in [9.17, 15) is 32.0 Å². The molecule has 4 heterocycles. The second-order valence-corrected chi connectivity index (χ2v) is 22.0. The molecule has 2 aromatic heterocycles. The Morgan fingerprint density at radius 1 is 1.06 bits per heavy atom. The molecule has 0 unspecified atom stereocenters. The fourth-order valence-corrected chi connectivity index (χ4v) is 10.7. The smallest absolute Gasteiger partial charge is 0.408 e. The predicted octanol–water partition coefficient (Wildman–Crippen LogP) is 7.18. The van der Waals surface area contributed by atoms with Crippen LogP contribution in [0.15, 0.2) is 60.0 Å². The van der Waals surface area contributed by atoms with Gasteiger partial charge in [-0.2, -0.15) is 4.98 Å². The molecule has 4 aliphatic rings. The van der Waals surface area contributed by atoms with Gasteiger partial charge in [-0.05, 0) is 104 Å². The molecule has 15 nitrogen and oxygen atoms in total. The molecule has 2 aromatic carbocycles. The molecule has 4 aromatic rings. The van der Waals surface area contributed by atoms with Crippen molar-refractivity contribution in [2.45, 2.75) is 139 Å². The largest absolute Gasteiger partial charge is 0.459 e. The highest BCUT2D eigenvalue weighted by Gasteiger charge is 2.63. The van der Waals surface area contributed by atoms with Crippen molar-refractivity contribution in [2.24, 2.45) is 5.92 Å². The number of nitrogens with zero attached hydrogens (tertiary/aromatic N) is 4. The van der Waals surface area contributed by atoms with Crippen molar-refractivity contribution < 1.29 is 41.5 Å². The van der Waals surface area contributed by atoms with Gasteiger partial charge < -0.3 is 25.0 Å². The topological polar surface area (TPSA) is 191 Å². The van der Waals surface area contributed by atoms with Gasteiger partial charge in [0.05, 0.1) is 22.5 Å². The molecule has 3 fully saturated rings. The zero-order chi connectivity index (χ0) is 45.8. The number of para-hydroxylation sites is 1. The maximum atomic E-state index is 14.8. The maximum absolute atomic E-state index is 14.8. The van der Waals surface area contributed by atoms with Crippen LogP contribution in [0.1, 0.15) is 105 Å². The van der Waals surface area contributed by atoms with Crippen LogP contribution in [0, 0.1) is 11.7 Å². The summed E-state index contributed by atoms with van der Waals surface area (Å²) < 4.78 is 56.1. The number of imidazole rings is 1. The molecule has 0 radical (unpaired) electrons. The van der Waals surface area contributed by atoms with E-state index < -0.39 is 73.8 Å². The quantitative estimate of drug-likeness (QED) is 0.145. The summed E-state index contributed by atoms with van der Waals surface area (Å²) in [6.45, 7) is 10.7. The van der Waals surface area contributed by atoms with Gasteiger partial charge in [-0.25, -0.2) is 22.6 Å². The first kappa shape index (κ1) is 45.2. The highest BCUT2D eigenvalue weighted by atomic mass is 32.2. The number of nitrogens with one attached hydrogen (secondary N) is 3. The van der Waals surface area contributed by atoms with Crippen LogP contribution in [0.4, 0.5) is 9.18 Å². The van der Waals surface area contributed by atoms with Crippen LogP contribution in [0.25, 0.3) is 32.9 Å². The first-order chi connectivity index (χ1) is 30.3. The number of fused-ring (bicyclic) bond motifs is 3. The lowest BCUT2D eigenvalue weighted by Gasteiger charge is -2.30. The minimum Gasteiger partial charge on any atom is -0.459 e. The van der Waals surface area contributed by atoms with Gasteiger partial charge in [-0.15, -0.1) is 11.3 Å². The SMILES string of the molecule is CC(C)n1c(O[C@@H]2C[C@H]3C(=O)N[C@]4(C(=O)NS(=O)(=O)C5(C)CC5)C[C@H]4/C=C\CCCCC[C@H](NC(=O)OC(C)(C)C)C(=O)N3C2)nc2c(-c3nc(-c4cccc(F)c4)cs3)cccc21. The fourth-order valence-electron chi connectivity index (χ4n) is 8.57. The number of benzene rings is 2. The molecular formula is C46H56FN7O8S2. The summed E-state index contributed by atoms with van der Waals surface area (Å²) in [5.41, 5.74) is 1.01. The lowest BCUT2D eigenvalue weighted by Crippen LogP contribution is -2.58. The van der Waals surface area contributed by atoms with Crippen molar-refractivity contribution >= 4 is 56.2 Å². The van der Waals surface area contributed by atoms with Crippen molar-refractivity contribution in [3.63, 3.8) is 0 Å². The molecule has 4 amide bonds. The minimum atomic E-state index is -4.03. The van der Waals surface area contributed by atoms with Crippen molar-refractivity contribution in [3.8, 4) is 27.8 Å². The van der Waals surface area contributed by atoms with Crippen LogP contribution >= 0.6 is 11.3 Å². The standard InChI is InChI=1S/C46H56FN7O8S2/c1-27(2)54-35-19-13-17-32(39-48-34(26-63-39)28-14-12-16-30(47)22-28)37(35)50-42(54)61-31-23-36-38(55)51-46(41(57)52-64(59,60)45(6)20-21-45)24-29(46)15-10-8-7-9-11-18-33(40(56)53(36)25-31)49-43(58)62-44(3,4)5/h10,12-17,19,22,26-27,29,31,33,36H,7-9,11,18,20-21,23-25H2,1-6H3,(H,49,58)(H,51,55)(H,52,57)/b15-10-/t29-,31-,33+,36+,46-/m1/s1. The summed E-state index contributed by atoms with van der Waals surface area (Å²) in [6, 6.07) is 9.91. The number of hydrogen-bond donors (Lipinski definition) is 3. The predicted molar refractivity (Wildman–Crippen MR) is 240 cm³/mol. The van der Waals surface area contributed by atoms with Gasteiger partial charge in [0.2, 0.25) is 21.8 Å². The Labute approximate surface area is 376 Å². The number of allylic oxidation sites excluding steroid dienone is 1. The van der Waals surface area contributed by atoms with E-state index in [-0.39, 0.29) is 43.7 Å². The zero-order valence-corrected chi connectivity index (χ0v) is 38.6. The third-order valence-corrected chi connectivity index (χ3v) is 15.5. The van der Waals surface area contributed by atoms with Crippen molar-refractivity contribution in [1.29, 1.82) is 0 Å². The van der Waals surface area contributed by atoms with Gasteiger partial charge in [0, 0.05) is 34.9 Å². The number of sulfonamides is 1. The van der Waals surface area contributed by atoms with Gasteiger partial charge in [-0.3, -0.25) is 23.7 Å². The van der Waals surface area contributed by atoms with Crippen LogP contribution in [0.5, 0.6) is 6.01 Å². The Hall–Kier alpha value is -5.36. The molecule has 2 aliphatic carbocycles. The number of halogens is 1. The zero-order valence-electron chi connectivity index (χ0n) is 37.0. The number of carbonyl (C=O) groups is 4. The monoisotopic (exact) mass is 917 g/mol. The minimum absolute atomic E-state index is 0.00292. The van der Waals surface area contributed by atoms with E-state index in [1.54, 1.807) is 39.8 Å². The number of aromatic nitrogens is 3. The first-order valence-corrected chi connectivity index (χ1v) is 24.4. The number of rotatable bonds is 9. The number of alkyl carbamates (subject to hydrolysis) is 1. The highest BCUT2D eigenvalue weighted by Crippen LogP contribution is 2.48. The Morgan fingerprint density at radius 2 is 1.83 bits per heavy atom. The Bertz CT molecular complexity index is 2620. The van der Waals surface area contributed by atoms with E-state index in [2.05, 4.69) is 15.4 Å². The third kappa shape index (κ3) is 9.26. The first-order valence-electron chi connectivity index (χ1n) is 22.0. The number of carbonyl (C=O) groups excluding carboxylic acids is 4. The van der Waals surface area contributed by atoms with E-state index in [4.69, 9.17) is 19.4 Å². The van der Waals surface area contributed by atoms with E-state index in [1.807, 2.05) is 54.1 Å². The third-order valence-electron chi connectivity index (χ3n) is 12.5. The number of hydrogen-bond acceptors (Lipinski definition) is 11. The van der Waals surface area contributed by atoms with Crippen LogP contribution in [0.2, 0.25) is 0 Å². The van der Waals surface area contributed by atoms with Crippen molar-refractivity contribution in [1.82, 2.24) is 34.8 Å². The average Bonchev–Trinajstić information content (AvgIpc) is 3.89. The Balaban J connectivity index is 1.12. The second kappa shape index (κ2) is 17.2. The lowest BCUT2D eigenvalue weighted by atomic mass is 10.0. The molecule has 5 atom stereocenters. The van der Waals surface area contributed by atoms with E-state index in [1.165, 1.54) is 28.4 Å².